The summed E-state index contributed by atoms with van der Waals surface area (Å²) >= 11 is 0. The van der Waals surface area contributed by atoms with Gasteiger partial charge in [-0.2, -0.15) is 0 Å². The summed E-state index contributed by atoms with van der Waals surface area (Å²) < 4.78 is 25.8. The molecule has 0 spiro atoms. The highest BCUT2D eigenvalue weighted by molar-refractivity contribution is 7.92. The van der Waals surface area contributed by atoms with Gasteiger partial charge in [-0.3, -0.25) is 19.2 Å². The first-order chi connectivity index (χ1) is 24.0. The van der Waals surface area contributed by atoms with Gasteiger partial charge in [0.1, 0.15) is 12.1 Å². The highest BCUT2D eigenvalue weighted by atomic mass is 32.2. The lowest BCUT2D eigenvalue weighted by atomic mass is 9.82. The third-order valence-electron chi connectivity index (χ3n) is 11.8. The summed E-state index contributed by atoms with van der Waals surface area (Å²) in [6, 6.07) is -3.28. The van der Waals surface area contributed by atoms with Gasteiger partial charge in [0, 0.05) is 13.6 Å². The Morgan fingerprint density at radius 3 is 2.06 bits per heavy atom. The van der Waals surface area contributed by atoms with E-state index in [-0.39, 0.29) is 29.4 Å². The van der Waals surface area contributed by atoms with Crippen LogP contribution in [0, 0.1) is 23.7 Å². The number of hydrogen-bond acceptors (Lipinski definition) is 7. The van der Waals surface area contributed by atoms with Gasteiger partial charge in [0.2, 0.25) is 17.6 Å². The summed E-state index contributed by atoms with van der Waals surface area (Å²) in [6.45, 7) is 9.51. The Bertz CT molecular complexity index is 1360. The van der Waals surface area contributed by atoms with Crippen molar-refractivity contribution in [2.75, 3.05) is 19.3 Å². The molecule has 0 bridgehead atoms. The summed E-state index contributed by atoms with van der Waals surface area (Å²) in [7, 11) is -2.16. The lowest BCUT2D eigenvalue weighted by molar-refractivity contribution is -0.144. The molecule has 12 nitrogen and oxygen atoms in total. The average molecular weight is 736 g/mol. The molecular formula is C38H65N5O7S. The molecule has 1 unspecified atom stereocenters. The molecule has 4 aliphatic rings. The van der Waals surface area contributed by atoms with E-state index in [1.54, 1.807) is 25.7 Å². The normalized spacial score (nSPS) is 24.0. The number of likely N-dealkylation sites (tertiary alicyclic amines) is 1. The fourth-order valence-corrected chi connectivity index (χ4v) is 10.0. The quantitative estimate of drug-likeness (QED) is 0.181. The van der Waals surface area contributed by atoms with Crippen LogP contribution in [0.3, 0.4) is 0 Å². The van der Waals surface area contributed by atoms with E-state index >= 15 is 0 Å². The highest BCUT2D eigenvalue weighted by Gasteiger charge is 2.47. The fraction of sp³-hybridized carbons (Fsp3) is 0.868. The first-order valence-electron chi connectivity index (χ1n) is 19.6. The largest absolute Gasteiger partial charge is 0.353 e. The van der Waals surface area contributed by atoms with Crippen LogP contribution < -0.4 is 21.3 Å². The molecule has 4 rings (SSSR count). The molecule has 13 heteroatoms. The molecule has 4 atom stereocenters. The zero-order valence-electron chi connectivity index (χ0n) is 32.0. The molecule has 51 heavy (non-hydrogen) atoms. The van der Waals surface area contributed by atoms with Gasteiger partial charge in [0.15, 0.2) is 9.84 Å². The number of nitrogens with one attached hydrogen (secondary N) is 4. The van der Waals surface area contributed by atoms with Crippen molar-refractivity contribution in [1.29, 1.82) is 0 Å². The number of rotatable bonds is 15. The number of carbonyl (C=O) groups excluding carboxylic acids is 5. The van der Waals surface area contributed by atoms with Crippen LogP contribution in [0.25, 0.3) is 0 Å². The Morgan fingerprint density at radius 2 is 1.49 bits per heavy atom. The highest BCUT2D eigenvalue weighted by Crippen LogP contribution is 2.36. The number of urea groups is 1. The van der Waals surface area contributed by atoms with Gasteiger partial charge in [-0.05, 0) is 95.8 Å². The van der Waals surface area contributed by atoms with Gasteiger partial charge in [-0.1, -0.05) is 65.2 Å². The van der Waals surface area contributed by atoms with E-state index < -0.39 is 61.9 Å². The zero-order valence-corrected chi connectivity index (χ0v) is 32.8. The van der Waals surface area contributed by atoms with E-state index in [0.29, 0.717) is 44.6 Å². The predicted molar refractivity (Wildman–Crippen MR) is 197 cm³/mol. The molecule has 1 aliphatic heterocycles. The Kier molecular flexibility index (Phi) is 14.0. The van der Waals surface area contributed by atoms with Crippen LogP contribution in [0.15, 0.2) is 0 Å². The maximum absolute atomic E-state index is 14.7. The standard InChI is InChI=1S/C38H65N5O7S/c1-25(2)23-28-19-22-43(31(28)33(45)40-29(18-17-26-15-16-26)32(44)34(46)39-6)35(47)30(27-13-9-7-10-14-27)41-36(48)42-38(20-11-8-12-21-38)24-51(49,50)37(3,4)5/h25-31H,7-24H2,1-6H3,(H,39,46)(H,40,45)(H2,41,42,48)/t28-,29?,30+,31+/m1/s1. The minimum absolute atomic E-state index is 0.133. The van der Waals surface area contributed by atoms with Gasteiger partial charge < -0.3 is 26.2 Å². The summed E-state index contributed by atoms with van der Waals surface area (Å²) in [6.07, 6.45) is 12.6. The van der Waals surface area contributed by atoms with Gasteiger partial charge in [0.25, 0.3) is 5.91 Å². The maximum Gasteiger partial charge on any atom is 0.315 e. The van der Waals surface area contributed by atoms with Crippen LogP contribution in [0.2, 0.25) is 0 Å². The fourth-order valence-electron chi connectivity index (χ4n) is 8.49. The second-order valence-corrected chi connectivity index (χ2v) is 20.1. The molecule has 1 heterocycles. The summed E-state index contributed by atoms with van der Waals surface area (Å²) in [5.41, 5.74) is -0.931. The predicted octanol–water partition coefficient (Wildman–Crippen LogP) is 4.40. The Balaban J connectivity index is 1.59. The summed E-state index contributed by atoms with van der Waals surface area (Å²) in [5.74, 6) is -1.91. The maximum atomic E-state index is 14.7. The number of nitrogens with zero attached hydrogens (tertiary/aromatic N) is 1. The molecule has 5 amide bonds. The lowest BCUT2D eigenvalue weighted by Crippen LogP contribution is -2.63. The molecule has 0 aromatic heterocycles. The average Bonchev–Trinajstić information content (AvgIpc) is 3.81. The monoisotopic (exact) mass is 735 g/mol. The van der Waals surface area contributed by atoms with Crippen molar-refractivity contribution in [3.05, 3.63) is 0 Å². The minimum atomic E-state index is -3.55. The van der Waals surface area contributed by atoms with Crippen molar-refractivity contribution in [2.45, 2.75) is 166 Å². The van der Waals surface area contributed by atoms with E-state index in [1.165, 1.54) is 7.05 Å². The number of likely N-dealkylation sites (N-methyl/N-ethyl adjacent to an activating group) is 1. The van der Waals surface area contributed by atoms with E-state index in [2.05, 4.69) is 35.1 Å². The van der Waals surface area contributed by atoms with Gasteiger partial charge >= 0.3 is 6.03 Å². The molecule has 1 saturated heterocycles. The first-order valence-corrected chi connectivity index (χ1v) is 21.3. The van der Waals surface area contributed by atoms with Gasteiger partial charge in [0.05, 0.1) is 22.1 Å². The van der Waals surface area contributed by atoms with Crippen LogP contribution in [0.4, 0.5) is 4.79 Å². The number of amides is 5. The smallest absolute Gasteiger partial charge is 0.315 e. The Labute approximate surface area is 306 Å². The molecule has 4 fully saturated rings. The molecular weight excluding hydrogens is 671 g/mol. The third kappa shape index (κ3) is 10.9. The molecule has 4 N–H and O–H groups in total. The van der Waals surface area contributed by atoms with E-state index in [1.807, 2.05) is 0 Å². The summed E-state index contributed by atoms with van der Waals surface area (Å²) in [5, 5.41) is 11.4. The first kappa shape index (κ1) is 41.1. The minimum Gasteiger partial charge on any atom is -0.353 e. The number of hydrogen-bond donors (Lipinski definition) is 4. The van der Waals surface area contributed by atoms with Crippen molar-refractivity contribution in [1.82, 2.24) is 26.2 Å². The zero-order chi connectivity index (χ0) is 37.6. The topological polar surface area (TPSA) is 171 Å². The second-order valence-electron chi connectivity index (χ2n) is 17.4. The van der Waals surface area contributed by atoms with Crippen LogP contribution in [0.1, 0.15) is 137 Å². The Hall–Kier alpha value is -2.70. The SMILES string of the molecule is CNC(=O)C(=O)C(CCC1CC1)NC(=O)[C@@H]1[C@@H](CC(C)C)CCN1C(=O)[C@@H](NC(=O)NC1(CS(=O)(=O)C(C)(C)C)CCCCC1)C1CCCCC1. The number of ketones is 1. The van der Waals surface area contributed by atoms with E-state index in [9.17, 15) is 32.4 Å². The molecule has 290 valence electrons. The Morgan fingerprint density at radius 1 is 0.863 bits per heavy atom. The molecule has 0 radical (unpaired) electrons. The van der Waals surface area contributed by atoms with Crippen molar-refractivity contribution in [3.8, 4) is 0 Å². The second kappa shape index (κ2) is 17.4. The van der Waals surface area contributed by atoms with Crippen molar-refractivity contribution >= 4 is 39.4 Å². The number of carbonyl (C=O) groups is 5. The van der Waals surface area contributed by atoms with Crippen molar-refractivity contribution in [3.63, 3.8) is 0 Å². The van der Waals surface area contributed by atoms with Crippen molar-refractivity contribution < 1.29 is 32.4 Å². The van der Waals surface area contributed by atoms with Crippen LogP contribution in [-0.2, 0) is 29.0 Å². The van der Waals surface area contributed by atoms with Crippen LogP contribution in [-0.4, -0.2) is 90.6 Å². The molecule has 3 aliphatic carbocycles. The lowest BCUT2D eigenvalue weighted by Gasteiger charge is -2.41. The van der Waals surface area contributed by atoms with Crippen molar-refractivity contribution in [2.24, 2.45) is 23.7 Å². The molecule has 0 aromatic rings. The van der Waals surface area contributed by atoms with Crippen LogP contribution >= 0.6 is 0 Å². The van der Waals surface area contributed by atoms with E-state index in [0.717, 1.165) is 70.6 Å². The van der Waals surface area contributed by atoms with E-state index in [4.69, 9.17) is 0 Å². The third-order valence-corrected chi connectivity index (χ3v) is 14.6. The van der Waals surface area contributed by atoms with Gasteiger partial charge in [-0.25, -0.2) is 13.2 Å². The van der Waals surface area contributed by atoms with Crippen LogP contribution in [0.5, 0.6) is 0 Å². The van der Waals surface area contributed by atoms with Gasteiger partial charge in [-0.15, -0.1) is 0 Å². The number of Topliss-reactive ketones (excluding diaryl/α,β-unsaturated/α-hetero) is 1. The molecule has 3 saturated carbocycles. The number of sulfone groups is 1. The summed E-state index contributed by atoms with van der Waals surface area (Å²) in [4.78, 5) is 70.0. The molecule has 0 aromatic carbocycles.